The summed E-state index contributed by atoms with van der Waals surface area (Å²) in [6.07, 6.45) is 0. The van der Waals surface area contributed by atoms with Gasteiger partial charge in [0.15, 0.2) is 8.68 Å². The van der Waals surface area contributed by atoms with Crippen molar-refractivity contribution < 1.29 is 29.4 Å². The van der Waals surface area contributed by atoms with Crippen LogP contribution in [0, 0.1) is 0 Å². The average Bonchev–Trinajstić information content (AvgIpc) is 3.24. The van der Waals surface area contributed by atoms with Crippen molar-refractivity contribution in [2.75, 3.05) is 22.1 Å². The molecule has 0 saturated heterocycles. The maximum atomic E-state index is 12.1. The molecule has 10 nitrogen and oxygen atoms in total. The van der Waals surface area contributed by atoms with Crippen LogP contribution >= 0.6 is 34.9 Å². The number of hydrogen-bond donors (Lipinski definition) is 4. The van der Waals surface area contributed by atoms with Gasteiger partial charge >= 0.3 is 11.9 Å². The minimum Gasteiger partial charge on any atom is -0.478 e. The number of amides is 2. The van der Waals surface area contributed by atoms with Crippen molar-refractivity contribution in [3.8, 4) is 0 Å². The summed E-state index contributed by atoms with van der Waals surface area (Å²) in [7, 11) is 0. The average molecular weight is 505 g/mol. The lowest BCUT2D eigenvalue weighted by Gasteiger charge is -2.05. The number of carbonyl (C=O) groups excluding carboxylic acids is 2. The van der Waals surface area contributed by atoms with E-state index < -0.39 is 11.9 Å². The van der Waals surface area contributed by atoms with Crippen molar-refractivity contribution in [3.63, 3.8) is 0 Å². The molecule has 0 aliphatic carbocycles. The number of aromatic nitrogens is 2. The fraction of sp³-hybridized carbons (Fsp3) is 0.100. The normalized spacial score (nSPS) is 10.4. The second-order valence-corrected chi connectivity index (χ2v) is 9.70. The van der Waals surface area contributed by atoms with Gasteiger partial charge in [-0.1, -0.05) is 47.0 Å². The first-order valence-electron chi connectivity index (χ1n) is 9.15. The van der Waals surface area contributed by atoms with E-state index in [4.69, 9.17) is 10.2 Å². The number of thioether (sulfide) groups is 2. The topological polar surface area (TPSA) is 159 Å². The quantitative estimate of drug-likeness (QED) is 0.301. The van der Waals surface area contributed by atoms with Crippen molar-refractivity contribution in [3.05, 3.63) is 59.7 Å². The Hall–Kier alpha value is -3.42. The van der Waals surface area contributed by atoms with E-state index in [0.29, 0.717) is 20.1 Å². The number of aromatic carboxylic acids is 2. The van der Waals surface area contributed by atoms with Crippen molar-refractivity contribution in [2.24, 2.45) is 0 Å². The minimum atomic E-state index is -1.08. The van der Waals surface area contributed by atoms with Gasteiger partial charge in [-0.25, -0.2) is 9.59 Å². The molecule has 3 rings (SSSR count). The first-order chi connectivity index (χ1) is 15.8. The van der Waals surface area contributed by atoms with Gasteiger partial charge in [-0.2, -0.15) is 0 Å². The largest absolute Gasteiger partial charge is 0.478 e. The van der Waals surface area contributed by atoms with Crippen LogP contribution in [0.2, 0.25) is 0 Å². The van der Waals surface area contributed by atoms with Crippen molar-refractivity contribution >= 4 is 70.0 Å². The summed E-state index contributed by atoms with van der Waals surface area (Å²) < 4.78 is 1.09. The Morgan fingerprint density at radius 2 is 1.18 bits per heavy atom. The molecule has 13 heteroatoms. The molecule has 0 spiro atoms. The van der Waals surface area contributed by atoms with Crippen molar-refractivity contribution in [1.29, 1.82) is 0 Å². The lowest BCUT2D eigenvalue weighted by atomic mass is 10.2. The van der Waals surface area contributed by atoms with Gasteiger partial charge in [0.1, 0.15) is 0 Å². The van der Waals surface area contributed by atoms with Gasteiger partial charge in [0, 0.05) is 11.4 Å². The van der Waals surface area contributed by atoms with Gasteiger partial charge in [-0.3, -0.25) is 9.59 Å². The number of carboxylic acids is 2. The van der Waals surface area contributed by atoms with E-state index in [2.05, 4.69) is 20.8 Å². The Kier molecular flexibility index (Phi) is 8.40. The third kappa shape index (κ3) is 7.59. The van der Waals surface area contributed by atoms with Crippen molar-refractivity contribution in [1.82, 2.24) is 10.2 Å². The fourth-order valence-corrected chi connectivity index (χ4v) is 5.04. The Labute approximate surface area is 199 Å². The third-order valence-electron chi connectivity index (χ3n) is 3.83. The second-order valence-electron chi connectivity index (χ2n) is 6.28. The van der Waals surface area contributed by atoms with E-state index in [-0.39, 0.29) is 34.4 Å². The molecule has 0 fully saturated rings. The monoisotopic (exact) mass is 504 g/mol. The Morgan fingerprint density at radius 3 is 1.58 bits per heavy atom. The highest BCUT2D eigenvalue weighted by Crippen LogP contribution is 2.29. The summed E-state index contributed by atoms with van der Waals surface area (Å²) >= 11 is 3.57. The molecule has 0 atom stereocenters. The molecule has 1 aromatic heterocycles. The van der Waals surface area contributed by atoms with Crippen LogP contribution in [0.15, 0.2) is 57.2 Å². The number of benzene rings is 2. The number of nitrogens with zero attached hydrogens (tertiary/aromatic N) is 2. The first kappa shape index (κ1) is 24.2. The van der Waals surface area contributed by atoms with Gasteiger partial charge in [0.25, 0.3) is 0 Å². The summed E-state index contributed by atoms with van der Waals surface area (Å²) in [6.45, 7) is 0. The van der Waals surface area contributed by atoms with Crippen molar-refractivity contribution in [2.45, 2.75) is 8.68 Å². The molecule has 1 heterocycles. The number of carbonyl (C=O) groups is 4. The molecule has 0 aliphatic heterocycles. The smallest absolute Gasteiger partial charge is 0.335 e. The lowest BCUT2D eigenvalue weighted by molar-refractivity contribution is -0.114. The molecule has 0 unspecified atom stereocenters. The Morgan fingerprint density at radius 1 is 0.758 bits per heavy atom. The molecule has 170 valence electrons. The van der Waals surface area contributed by atoms with Crippen LogP contribution in [0.25, 0.3) is 0 Å². The Bertz CT molecular complexity index is 1110. The minimum absolute atomic E-state index is 0.0526. The first-order valence-corrected chi connectivity index (χ1v) is 11.9. The summed E-state index contributed by atoms with van der Waals surface area (Å²) in [4.78, 5) is 46.2. The van der Waals surface area contributed by atoms with E-state index in [0.717, 1.165) is 0 Å². The second kappa shape index (κ2) is 11.4. The highest BCUT2D eigenvalue weighted by Gasteiger charge is 2.12. The van der Waals surface area contributed by atoms with Gasteiger partial charge in [0.05, 0.1) is 22.6 Å². The molecule has 0 bridgehead atoms. The van der Waals surface area contributed by atoms with E-state index in [1.54, 1.807) is 24.3 Å². The van der Waals surface area contributed by atoms with Crippen LogP contribution in [0.5, 0.6) is 0 Å². The van der Waals surface area contributed by atoms with Crippen LogP contribution in [0.1, 0.15) is 20.7 Å². The maximum Gasteiger partial charge on any atom is 0.335 e. The molecule has 0 aliphatic rings. The molecule has 4 N–H and O–H groups in total. The van der Waals surface area contributed by atoms with Crippen LogP contribution < -0.4 is 10.6 Å². The predicted octanol–water partition coefficient (Wildman–Crippen LogP) is 3.40. The van der Waals surface area contributed by atoms with E-state index in [1.165, 1.54) is 59.1 Å². The molecule has 0 saturated carbocycles. The number of anilines is 2. The number of hydrogen-bond acceptors (Lipinski definition) is 9. The third-order valence-corrected chi connectivity index (χ3v) is 7.02. The molecule has 3 aromatic rings. The molecule has 0 radical (unpaired) electrons. The summed E-state index contributed by atoms with van der Waals surface area (Å²) in [6, 6.07) is 11.9. The molecular formula is C20H16N4O6S3. The number of rotatable bonds is 10. The zero-order chi connectivity index (χ0) is 23.8. The number of carboxylic acid groups (broad SMARTS) is 2. The fourth-order valence-electron chi connectivity index (χ4n) is 2.42. The summed E-state index contributed by atoms with van der Waals surface area (Å²) in [5.74, 6) is -2.71. The van der Waals surface area contributed by atoms with E-state index >= 15 is 0 Å². The van der Waals surface area contributed by atoms with Gasteiger partial charge in [0.2, 0.25) is 11.8 Å². The van der Waals surface area contributed by atoms with E-state index in [1.807, 2.05) is 0 Å². The van der Waals surface area contributed by atoms with Gasteiger partial charge in [-0.15, -0.1) is 10.2 Å². The highest BCUT2D eigenvalue weighted by molar-refractivity contribution is 8.03. The van der Waals surface area contributed by atoms with Crippen LogP contribution in [0.3, 0.4) is 0 Å². The zero-order valence-corrected chi connectivity index (χ0v) is 19.1. The molecule has 33 heavy (non-hydrogen) atoms. The predicted molar refractivity (Wildman–Crippen MR) is 125 cm³/mol. The molecule has 2 amide bonds. The summed E-state index contributed by atoms with van der Waals surface area (Å²) in [5.41, 5.74) is 0.914. The summed E-state index contributed by atoms with van der Waals surface area (Å²) in [5, 5.41) is 31.2. The van der Waals surface area contributed by atoms with Crippen LogP contribution in [-0.2, 0) is 9.59 Å². The molecule has 2 aromatic carbocycles. The highest BCUT2D eigenvalue weighted by atomic mass is 32.2. The van der Waals surface area contributed by atoms with Crippen LogP contribution in [-0.4, -0.2) is 55.7 Å². The standard InChI is InChI=1S/C20H16N4O6S3/c25-15(21-13-5-1-3-11(7-13)17(27)28)9-31-19-23-24-20(33-19)32-10-16(26)22-14-6-2-4-12(8-14)18(29)30/h1-8H,9-10H2,(H,21,25)(H,22,26)(H,27,28)(H,29,30). The van der Waals surface area contributed by atoms with Gasteiger partial charge in [-0.05, 0) is 36.4 Å². The number of nitrogens with one attached hydrogen (secondary N) is 2. The maximum absolute atomic E-state index is 12.1. The van der Waals surface area contributed by atoms with Gasteiger partial charge < -0.3 is 20.8 Å². The SMILES string of the molecule is O=C(CSc1nnc(SCC(=O)Nc2cccc(C(=O)O)c2)s1)Nc1cccc(C(=O)O)c1. The molecular weight excluding hydrogens is 488 g/mol. The zero-order valence-electron chi connectivity index (χ0n) is 16.7. The van der Waals surface area contributed by atoms with E-state index in [9.17, 15) is 19.2 Å². The Balaban J connectivity index is 1.44. The van der Waals surface area contributed by atoms with Crippen LogP contribution in [0.4, 0.5) is 11.4 Å². The lowest BCUT2D eigenvalue weighted by Crippen LogP contribution is -2.14.